The van der Waals surface area contributed by atoms with Gasteiger partial charge in [-0.3, -0.25) is 0 Å². The molecule has 0 atom stereocenters. The van der Waals surface area contributed by atoms with Crippen LogP contribution in [0.5, 0.6) is 0 Å². The molecule has 1 N–H and O–H groups in total. The summed E-state index contributed by atoms with van der Waals surface area (Å²) in [4.78, 5) is 0. The second-order valence-electron chi connectivity index (χ2n) is 3.81. The number of hydrogen-bond donors (Lipinski definition) is 1. The molecular weight excluding hydrogens is 216 g/mol. The minimum Gasteiger partial charge on any atom is -0.468 e. The van der Waals surface area contributed by atoms with Gasteiger partial charge in [0, 0.05) is 11.6 Å². The highest BCUT2D eigenvalue weighted by Crippen LogP contribution is 2.12. The fraction of sp³-hybridized carbons (Fsp3) is 0.636. The van der Waals surface area contributed by atoms with Crippen molar-refractivity contribution in [3.8, 4) is 0 Å². The molecule has 92 valence electrons. The minimum absolute atomic E-state index is 0.163. The third-order valence-electron chi connectivity index (χ3n) is 2.01. The summed E-state index contributed by atoms with van der Waals surface area (Å²) in [5.41, 5.74) is 0.814. The fourth-order valence-corrected chi connectivity index (χ4v) is 1.21. The van der Waals surface area contributed by atoms with Gasteiger partial charge in [0.1, 0.15) is 12.4 Å². The number of nitrogens with one attached hydrogen (secondary N) is 1. The highest BCUT2D eigenvalue weighted by molar-refractivity contribution is 5.15. The Morgan fingerprint density at radius 2 is 2.19 bits per heavy atom. The van der Waals surface area contributed by atoms with Gasteiger partial charge in [-0.1, -0.05) is 13.8 Å². The molecule has 0 spiro atoms. The lowest BCUT2D eigenvalue weighted by atomic mass is 10.2. The van der Waals surface area contributed by atoms with Gasteiger partial charge in [0.05, 0.1) is 19.4 Å². The van der Waals surface area contributed by atoms with Crippen LogP contribution >= 0.6 is 0 Å². The van der Waals surface area contributed by atoms with Crippen molar-refractivity contribution in [1.29, 1.82) is 0 Å². The largest absolute Gasteiger partial charge is 0.468 e. The lowest BCUT2D eigenvalue weighted by Crippen LogP contribution is -2.22. The van der Waals surface area contributed by atoms with E-state index in [-0.39, 0.29) is 6.61 Å². The molecule has 0 aliphatic heterocycles. The maximum Gasteiger partial charge on any atom is 0.261 e. The van der Waals surface area contributed by atoms with Crippen molar-refractivity contribution in [2.75, 3.05) is 6.61 Å². The second kappa shape index (κ2) is 6.60. The Labute approximate surface area is 93.8 Å². The monoisotopic (exact) mass is 233 g/mol. The molecule has 3 nitrogen and oxygen atoms in total. The van der Waals surface area contributed by atoms with Crippen LogP contribution < -0.4 is 5.32 Å². The molecule has 5 heteroatoms. The third kappa shape index (κ3) is 4.72. The van der Waals surface area contributed by atoms with Crippen molar-refractivity contribution in [3.63, 3.8) is 0 Å². The lowest BCUT2D eigenvalue weighted by Gasteiger charge is -2.08. The van der Waals surface area contributed by atoms with Crippen LogP contribution in [0.25, 0.3) is 0 Å². The summed E-state index contributed by atoms with van der Waals surface area (Å²) in [6.45, 7) is 4.25. The lowest BCUT2D eigenvalue weighted by molar-refractivity contribution is 0.00941. The molecule has 0 bridgehead atoms. The van der Waals surface area contributed by atoms with E-state index < -0.39 is 13.0 Å². The van der Waals surface area contributed by atoms with Gasteiger partial charge < -0.3 is 14.5 Å². The summed E-state index contributed by atoms with van der Waals surface area (Å²) >= 11 is 0. The van der Waals surface area contributed by atoms with Crippen molar-refractivity contribution >= 4 is 0 Å². The van der Waals surface area contributed by atoms with Crippen LogP contribution in [0.4, 0.5) is 8.78 Å². The first-order chi connectivity index (χ1) is 7.59. The Morgan fingerprint density at radius 3 is 2.81 bits per heavy atom. The van der Waals surface area contributed by atoms with Crippen LogP contribution in [0.3, 0.4) is 0 Å². The molecule has 0 aliphatic carbocycles. The fourth-order valence-electron chi connectivity index (χ4n) is 1.21. The number of alkyl halides is 2. The summed E-state index contributed by atoms with van der Waals surface area (Å²) < 4.78 is 33.8. The predicted molar refractivity (Wildman–Crippen MR) is 56.3 cm³/mol. The first-order valence-electron chi connectivity index (χ1n) is 5.24. The van der Waals surface area contributed by atoms with Gasteiger partial charge in [-0.05, 0) is 6.07 Å². The Bertz CT molecular complexity index is 300. The van der Waals surface area contributed by atoms with Crippen molar-refractivity contribution in [2.45, 2.75) is 39.5 Å². The van der Waals surface area contributed by atoms with Crippen LogP contribution in [0, 0.1) is 0 Å². The van der Waals surface area contributed by atoms with E-state index in [1.54, 1.807) is 12.3 Å². The normalized spacial score (nSPS) is 11.6. The first kappa shape index (κ1) is 13.1. The molecule has 0 fully saturated rings. The van der Waals surface area contributed by atoms with E-state index in [1.165, 1.54) is 0 Å². The molecule has 1 rings (SSSR count). The summed E-state index contributed by atoms with van der Waals surface area (Å²) in [7, 11) is 0. The number of hydrogen-bond acceptors (Lipinski definition) is 3. The molecule has 0 aliphatic rings. The van der Waals surface area contributed by atoms with E-state index >= 15 is 0 Å². The van der Waals surface area contributed by atoms with Gasteiger partial charge >= 0.3 is 0 Å². The van der Waals surface area contributed by atoms with Gasteiger partial charge in [0.2, 0.25) is 0 Å². The highest BCUT2D eigenvalue weighted by Gasteiger charge is 2.08. The molecule has 0 aromatic carbocycles. The summed E-state index contributed by atoms with van der Waals surface area (Å²) in [5, 5.41) is 3.19. The van der Waals surface area contributed by atoms with E-state index in [2.05, 4.69) is 5.32 Å². The van der Waals surface area contributed by atoms with Crippen molar-refractivity contribution in [2.24, 2.45) is 0 Å². The van der Waals surface area contributed by atoms with Crippen molar-refractivity contribution in [3.05, 3.63) is 23.7 Å². The number of halogens is 2. The molecule has 1 aromatic rings. The average Bonchev–Trinajstić information content (AvgIpc) is 2.62. The van der Waals surface area contributed by atoms with E-state index in [0.717, 1.165) is 11.3 Å². The maximum absolute atomic E-state index is 11.9. The Morgan fingerprint density at radius 1 is 1.44 bits per heavy atom. The van der Waals surface area contributed by atoms with E-state index in [4.69, 9.17) is 9.15 Å². The van der Waals surface area contributed by atoms with Crippen LogP contribution in [0.15, 0.2) is 16.7 Å². The molecule has 0 amide bonds. The molecule has 1 heterocycles. The van der Waals surface area contributed by atoms with Gasteiger partial charge in [-0.15, -0.1) is 0 Å². The number of rotatable bonds is 7. The summed E-state index contributed by atoms with van der Waals surface area (Å²) in [6, 6.07) is 2.09. The maximum atomic E-state index is 11.9. The molecule has 0 unspecified atom stereocenters. The second-order valence-corrected chi connectivity index (χ2v) is 3.81. The highest BCUT2D eigenvalue weighted by atomic mass is 19.3. The average molecular weight is 233 g/mol. The topological polar surface area (TPSA) is 34.4 Å². The Balaban J connectivity index is 2.38. The molecule has 0 saturated heterocycles. The van der Waals surface area contributed by atoms with Gasteiger partial charge in [-0.25, -0.2) is 8.78 Å². The van der Waals surface area contributed by atoms with E-state index in [1.807, 2.05) is 13.8 Å². The first-order valence-corrected chi connectivity index (χ1v) is 5.24. The van der Waals surface area contributed by atoms with Crippen molar-refractivity contribution < 1.29 is 17.9 Å². The van der Waals surface area contributed by atoms with E-state index in [9.17, 15) is 8.78 Å². The zero-order valence-electron chi connectivity index (χ0n) is 9.50. The molecule has 0 saturated carbocycles. The Hall–Kier alpha value is -0.940. The third-order valence-corrected chi connectivity index (χ3v) is 2.01. The summed E-state index contributed by atoms with van der Waals surface area (Å²) in [6.07, 6.45) is -0.887. The zero-order chi connectivity index (χ0) is 12.0. The smallest absolute Gasteiger partial charge is 0.261 e. The quantitative estimate of drug-likeness (QED) is 0.786. The van der Waals surface area contributed by atoms with Gasteiger partial charge in [-0.2, -0.15) is 0 Å². The zero-order valence-corrected chi connectivity index (χ0v) is 9.50. The van der Waals surface area contributed by atoms with Gasteiger partial charge in [0.15, 0.2) is 0 Å². The molecule has 16 heavy (non-hydrogen) atoms. The standard InChI is InChI=1S/C11H17F2NO2/c1-8(2)14-5-10-9(3-4-16-10)6-15-7-11(12)13/h3-4,8,11,14H,5-7H2,1-2H3. The molecule has 0 radical (unpaired) electrons. The predicted octanol–water partition coefficient (Wildman–Crippen LogP) is 2.56. The molecule has 1 aromatic heterocycles. The van der Waals surface area contributed by atoms with Crippen LogP contribution in [-0.2, 0) is 17.9 Å². The van der Waals surface area contributed by atoms with Gasteiger partial charge in [0.25, 0.3) is 6.43 Å². The number of furan rings is 1. The van der Waals surface area contributed by atoms with E-state index in [0.29, 0.717) is 12.6 Å². The summed E-state index contributed by atoms with van der Waals surface area (Å²) in [5.74, 6) is 0.739. The van der Waals surface area contributed by atoms with Crippen LogP contribution in [0.1, 0.15) is 25.2 Å². The Kier molecular flexibility index (Phi) is 5.42. The van der Waals surface area contributed by atoms with Crippen molar-refractivity contribution in [1.82, 2.24) is 5.32 Å². The SMILES string of the molecule is CC(C)NCc1occc1COCC(F)F. The van der Waals surface area contributed by atoms with Crippen LogP contribution in [-0.4, -0.2) is 19.1 Å². The molecular formula is C11H17F2NO2. The van der Waals surface area contributed by atoms with Crippen LogP contribution in [0.2, 0.25) is 0 Å². The minimum atomic E-state index is -2.43. The number of ether oxygens (including phenoxy) is 1.